The highest BCUT2D eigenvalue weighted by Gasteiger charge is 2.16. The Hall–Kier alpha value is -2.53. The van der Waals surface area contributed by atoms with E-state index in [2.05, 4.69) is 24.5 Å². The molecule has 2 nitrogen and oxygen atoms in total. The smallest absolute Gasteiger partial charge is 0.309 e. The highest BCUT2D eigenvalue weighted by molar-refractivity contribution is 5.74. The summed E-state index contributed by atoms with van der Waals surface area (Å²) in [7, 11) is 0. The highest BCUT2D eigenvalue weighted by atomic mass is 16.5. The van der Waals surface area contributed by atoms with Crippen LogP contribution in [0.1, 0.15) is 44.6 Å². The number of carbonyl (C=O) groups excluding carboxylic acids is 1. The maximum Gasteiger partial charge on any atom is 0.309 e. The lowest BCUT2D eigenvalue weighted by atomic mass is 9.95. The fourth-order valence-electron chi connectivity index (χ4n) is 2.77. The second kappa shape index (κ2) is 9.57. The molecule has 0 saturated heterocycles. The summed E-state index contributed by atoms with van der Waals surface area (Å²) < 4.78 is 5.12. The summed E-state index contributed by atoms with van der Waals surface area (Å²) >= 11 is 0. The standard InChI is InChI=1S/C22H24O2/c1-3-10-20(17-22(23)24-4-2)21(19-13-8-9-14-19)16-15-18-11-6-5-7-12-18/h3,5-7,11-13H,1,4,8-10,14,17H2,2H3/b21-20-. The number of rotatable bonds is 6. The van der Waals surface area contributed by atoms with Gasteiger partial charge in [0.05, 0.1) is 13.0 Å². The summed E-state index contributed by atoms with van der Waals surface area (Å²) in [6, 6.07) is 9.92. The molecular formula is C22H24O2. The molecule has 0 heterocycles. The molecule has 0 atom stereocenters. The molecule has 0 aromatic heterocycles. The van der Waals surface area contributed by atoms with E-state index in [-0.39, 0.29) is 12.4 Å². The summed E-state index contributed by atoms with van der Waals surface area (Å²) in [6.45, 7) is 6.05. The van der Waals surface area contributed by atoms with Crippen LogP contribution in [0, 0.1) is 11.8 Å². The van der Waals surface area contributed by atoms with Crippen molar-refractivity contribution in [1.29, 1.82) is 0 Å². The zero-order chi connectivity index (χ0) is 17.2. The molecule has 2 rings (SSSR count). The van der Waals surface area contributed by atoms with E-state index in [9.17, 15) is 4.79 Å². The minimum Gasteiger partial charge on any atom is -0.466 e. The molecule has 24 heavy (non-hydrogen) atoms. The lowest BCUT2D eigenvalue weighted by Crippen LogP contribution is -2.07. The Morgan fingerprint density at radius 1 is 1.33 bits per heavy atom. The molecule has 0 spiro atoms. The van der Waals surface area contributed by atoms with Crippen molar-refractivity contribution in [3.63, 3.8) is 0 Å². The zero-order valence-electron chi connectivity index (χ0n) is 14.3. The van der Waals surface area contributed by atoms with Gasteiger partial charge < -0.3 is 4.74 Å². The van der Waals surface area contributed by atoms with Crippen molar-refractivity contribution < 1.29 is 9.53 Å². The second-order valence-electron chi connectivity index (χ2n) is 5.69. The average Bonchev–Trinajstić information content (AvgIpc) is 3.10. The molecule has 0 N–H and O–H groups in total. The van der Waals surface area contributed by atoms with Crippen molar-refractivity contribution in [3.05, 3.63) is 71.3 Å². The predicted molar refractivity (Wildman–Crippen MR) is 98.3 cm³/mol. The van der Waals surface area contributed by atoms with E-state index >= 15 is 0 Å². The van der Waals surface area contributed by atoms with Gasteiger partial charge in [-0.25, -0.2) is 0 Å². The van der Waals surface area contributed by atoms with Crippen molar-refractivity contribution in [2.45, 2.75) is 39.0 Å². The number of benzene rings is 1. The van der Waals surface area contributed by atoms with Crippen LogP contribution >= 0.6 is 0 Å². The highest BCUT2D eigenvalue weighted by Crippen LogP contribution is 2.29. The third-order valence-corrected chi connectivity index (χ3v) is 3.88. The van der Waals surface area contributed by atoms with E-state index in [4.69, 9.17) is 4.74 Å². The first kappa shape index (κ1) is 17.8. The number of hydrogen-bond donors (Lipinski definition) is 0. The van der Waals surface area contributed by atoms with Gasteiger partial charge in [0.25, 0.3) is 0 Å². The molecule has 1 aromatic carbocycles. The molecular weight excluding hydrogens is 296 g/mol. The van der Waals surface area contributed by atoms with Gasteiger partial charge in [-0.1, -0.05) is 42.2 Å². The summed E-state index contributed by atoms with van der Waals surface area (Å²) in [4.78, 5) is 12.0. The first-order valence-electron chi connectivity index (χ1n) is 8.49. The summed E-state index contributed by atoms with van der Waals surface area (Å²) in [5.41, 5.74) is 4.21. The van der Waals surface area contributed by atoms with E-state index in [1.807, 2.05) is 43.3 Å². The monoisotopic (exact) mass is 320 g/mol. The van der Waals surface area contributed by atoms with Gasteiger partial charge in [-0.3, -0.25) is 4.79 Å². The molecule has 124 valence electrons. The van der Waals surface area contributed by atoms with Crippen LogP contribution in [0.15, 0.2) is 65.8 Å². The second-order valence-corrected chi connectivity index (χ2v) is 5.69. The molecule has 0 aliphatic heterocycles. The van der Waals surface area contributed by atoms with Crippen LogP contribution in [0.2, 0.25) is 0 Å². The number of carbonyl (C=O) groups is 1. The molecule has 1 aromatic rings. The van der Waals surface area contributed by atoms with Crippen molar-refractivity contribution in [2.75, 3.05) is 6.61 Å². The normalized spacial score (nSPS) is 14.1. The molecule has 0 saturated carbocycles. The quantitative estimate of drug-likeness (QED) is 0.420. The molecule has 0 unspecified atom stereocenters. The molecule has 0 bridgehead atoms. The largest absolute Gasteiger partial charge is 0.466 e. The van der Waals surface area contributed by atoms with Crippen LogP contribution in [0.25, 0.3) is 0 Å². The summed E-state index contributed by atoms with van der Waals surface area (Å²) in [6.07, 6.45) is 8.23. The average molecular weight is 320 g/mol. The topological polar surface area (TPSA) is 26.3 Å². The molecule has 2 heteroatoms. The van der Waals surface area contributed by atoms with Gasteiger partial charge in [-0.2, -0.15) is 0 Å². The Morgan fingerprint density at radius 3 is 2.75 bits per heavy atom. The fourth-order valence-corrected chi connectivity index (χ4v) is 2.77. The van der Waals surface area contributed by atoms with E-state index < -0.39 is 0 Å². The van der Waals surface area contributed by atoms with Crippen LogP contribution in [0.5, 0.6) is 0 Å². The Balaban J connectivity index is 2.39. The zero-order valence-corrected chi connectivity index (χ0v) is 14.3. The molecule has 1 aliphatic carbocycles. The van der Waals surface area contributed by atoms with Gasteiger partial charge in [0.1, 0.15) is 0 Å². The third-order valence-electron chi connectivity index (χ3n) is 3.88. The molecule has 0 radical (unpaired) electrons. The SMILES string of the molecule is C=CC/C(CC(=O)OCC)=C(\C#Cc1ccccc1)C1=CCCC1. The Morgan fingerprint density at radius 2 is 2.12 bits per heavy atom. The minimum absolute atomic E-state index is 0.202. The third kappa shape index (κ3) is 5.28. The first-order chi connectivity index (χ1) is 11.7. The Labute approximate surface area is 144 Å². The van der Waals surface area contributed by atoms with Crippen LogP contribution in [0.3, 0.4) is 0 Å². The molecule has 0 amide bonds. The number of allylic oxidation sites excluding steroid dienone is 4. The van der Waals surface area contributed by atoms with Crippen molar-refractivity contribution in [1.82, 2.24) is 0 Å². The van der Waals surface area contributed by atoms with Gasteiger partial charge >= 0.3 is 5.97 Å². The maximum atomic E-state index is 12.0. The maximum absolute atomic E-state index is 12.0. The first-order valence-corrected chi connectivity index (χ1v) is 8.49. The fraction of sp³-hybridized carbons (Fsp3) is 0.318. The minimum atomic E-state index is -0.202. The molecule has 0 fully saturated rings. The van der Waals surface area contributed by atoms with Crippen LogP contribution in [-0.2, 0) is 9.53 Å². The predicted octanol–water partition coefficient (Wildman–Crippen LogP) is 4.97. The van der Waals surface area contributed by atoms with Gasteiger partial charge in [0.2, 0.25) is 0 Å². The van der Waals surface area contributed by atoms with Crippen molar-refractivity contribution >= 4 is 5.97 Å². The van der Waals surface area contributed by atoms with Gasteiger partial charge in [0, 0.05) is 11.1 Å². The van der Waals surface area contributed by atoms with Crippen LogP contribution < -0.4 is 0 Å². The number of ether oxygens (including phenoxy) is 1. The molecule has 1 aliphatic rings. The van der Waals surface area contributed by atoms with E-state index in [0.717, 1.165) is 36.0 Å². The number of esters is 1. The summed E-state index contributed by atoms with van der Waals surface area (Å²) in [5.74, 6) is 6.34. The Bertz CT molecular complexity index is 696. The van der Waals surface area contributed by atoms with Crippen LogP contribution in [0.4, 0.5) is 0 Å². The van der Waals surface area contributed by atoms with Crippen molar-refractivity contribution in [3.8, 4) is 11.8 Å². The lowest BCUT2D eigenvalue weighted by Gasteiger charge is -2.11. The van der Waals surface area contributed by atoms with E-state index in [1.54, 1.807) is 0 Å². The van der Waals surface area contributed by atoms with E-state index in [1.165, 1.54) is 5.57 Å². The van der Waals surface area contributed by atoms with Gasteiger partial charge in [-0.05, 0) is 55.9 Å². The van der Waals surface area contributed by atoms with Crippen LogP contribution in [-0.4, -0.2) is 12.6 Å². The lowest BCUT2D eigenvalue weighted by molar-refractivity contribution is -0.142. The van der Waals surface area contributed by atoms with E-state index in [0.29, 0.717) is 13.0 Å². The van der Waals surface area contributed by atoms with Gasteiger partial charge in [0.15, 0.2) is 0 Å². The van der Waals surface area contributed by atoms with Crippen molar-refractivity contribution in [2.24, 2.45) is 0 Å². The summed E-state index contributed by atoms with van der Waals surface area (Å²) in [5, 5.41) is 0. The number of hydrogen-bond acceptors (Lipinski definition) is 2. The van der Waals surface area contributed by atoms with Gasteiger partial charge in [-0.15, -0.1) is 6.58 Å². The Kier molecular flexibility index (Phi) is 7.11.